The van der Waals surface area contributed by atoms with Crippen LogP contribution in [0.15, 0.2) is 36.9 Å². The highest BCUT2D eigenvalue weighted by atomic mass is 15.1. The van der Waals surface area contributed by atoms with E-state index < -0.39 is 0 Å². The molecule has 0 fully saturated rings. The van der Waals surface area contributed by atoms with E-state index in [0.29, 0.717) is 0 Å². The van der Waals surface area contributed by atoms with Crippen LogP contribution in [-0.2, 0) is 0 Å². The van der Waals surface area contributed by atoms with Crippen molar-refractivity contribution >= 4 is 5.69 Å². The van der Waals surface area contributed by atoms with Gasteiger partial charge in [0.2, 0.25) is 0 Å². The summed E-state index contributed by atoms with van der Waals surface area (Å²) >= 11 is 0. The summed E-state index contributed by atoms with van der Waals surface area (Å²) in [6, 6.07) is 8.67. The highest BCUT2D eigenvalue weighted by Gasteiger charge is 2.05. The molecule has 1 aromatic carbocycles. The Morgan fingerprint density at radius 3 is 2.64 bits per heavy atom. The number of anilines is 1. The van der Waals surface area contributed by atoms with Gasteiger partial charge in [0.1, 0.15) is 0 Å². The van der Waals surface area contributed by atoms with Crippen LogP contribution in [0.25, 0.3) is 0 Å². The van der Waals surface area contributed by atoms with Gasteiger partial charge in [0.15, 0.2) is 0 Å². The molecule has 0 aliphatic heterocycles. The summed E-state index contributed by atoms with van der Waals surface area (Å²) in [5, 5.41) is 3.20. The molecular weight excluding hydrogens is 172 g/mol. The highest BCUT2D eigenvalue weighted by Crippen LogP contribution is 2.19. The first-order valence-electron chi connectivity index (χ1n) is 4.76. The van der Waals surface area contributed by atoms with Crippen LogP contribution in [-0.4, -0.2) is 21.1 Å². The molecule has 0 aliphatic carbocycles. The molecule has 0 radical (unpaired) electrons. The summed E-state index contributed by atoms with van der Waals surface area (Å²) in [5.74, 6) is 0. The van der Waals surface area contributed by atoms with Crippen molar-refractivity contribution in [2.75, 3.05) is 26.0 Å². The lowest BCUT2D eigenvalue weighted by molar-refractivity contribution is 0.716. The SMILES string of the molecule is C=CC(NC)c1cccc(N(C)C)c1. The third-order valence-electron chi connectivity index (χ3n) is 2.29. The number of rotatable bonds is 4. The number of hydrogen-bond donors (Lipinski definition) is 1. The van der Waals surface area contributed by atoms with Crippen LogP contribution in [0.2, 0.25) is 0 Å². The van der Waals surface area contributed by atoms with E-state index >= 15 is 0 Å². The lowest BCUT2D eigenvalue weighted by atomic mass is 10.1. The third kappa shape index (κ3) is 2.36. The van der Waals surface area contributed by atoms with E-state index in [1.54, 1.807) is 0 Å². The van der Waals surface area contributed by atoms with Crippen LogP contribution < -0.4 is 10.2 Å². The van der Waals surface area contributed by atoms with E-state index in [4.69, 9.17) is 0 Å². The average molecular weight is 190 g/mol. The molecular formula is C12H18N2. The number of hydrogen-bond acceptors (Lipinski definition) is 2. The predicted molar refractivity (Wildman–Crippen MR) is 62.8 cm³/mol. The van der Waals surface area contributed by atoms with Crippen molar-refractivity contribution in [1.82, 2.24) is 5.32 Å². The number of nitrogens with zero attached hydrogens (tertiary/aromatic N) is 1. The minimum Gasteiger partial charge on any atom is -0.378 e. The van der Waals surface area contributed by atoms with Crippen molar-refractivity contribution in [2.24, 2.45) is 0 Å². The Labute approximate surface area is 86.2 Å². The zero-order valence-corrected chi connectivity index (χ0v) is 9.12. The summed E-state index contributed by atoms with van der Waals surface area (Å²) in [5.41, 5.74) is 2.46. The summed E-state index contributed by atoms with van der Waals surface area (Å²) in [7, 11) is 6.03. The molecule has 0 saturated carbocycles. The molecule has 1 atom stereocenters. The zero-order chi connectivity index (χ0) is 10.6. The van der Waals surface area contributed by atoms with Crippen molar-refractivity contribution in [3.63, 3.8) is 0 Å². The molecule has 0 saturated heterocycles. The van der Waals surface area contributed by atoms with Crippen LogP contribution >= 0.6 is 0 Å². The Morgan fingerprint density at radius 1 is 1.43 bits per heavy atom. The molecule has 0 amide bonds. The van der Waals surface area contributed by atoms with Crippen LogP contribution in [0.5, 0.6) is 0 Å². The summed E-state index contributed by atoms with van der Waals surface area (Å²) < 4.78 is 0. The molecule has 1 aromatic rings. The molecule has 2 heteroatoms. The summed E-state index contributed by atoms with van der Waals surface area (Å²) in [6.07, 6.45) is 1.91. The number of benzene rings is 1. The first kappa shape index (κ1) is 10.8. The molecule has 0 aliphatic rings. The highest BCUT2D eigenvalue weighted by molar-refractivity contribution is 5.48. The van der Waals surface area contributed by atoms with Gasteiger partial charge in [-0.2, -0.15) is 0 Å². The fourth-order valence-electron chi connectivity index (χ4n) is 1.42. The average Bonchev–Trinajstić information content (AvgIpc) is 2.20. The first-order chi connectivity index (χ1) is 6.69. The second-order valence-corrected chi connectivity index (χ2v) is 3.49. The normalized spacial score (nSPS) is 12.2. The predicted octanol–water partition coefficient (Wildman–Crippen LogP) is 2.20. The molecule has 1 rings (SSSR count). The van der Waals surface area contributed by atoms with Crippen LogP contribution in [0.3, 0.4) is 0 Å². The molecule has 14 heavy (non-hydrogen) atoms. The maximum atomic E-state index is 3.81. The Balaban J connectivity index is 2.98. The monoisotopic (exact) mass is 190 g/mol. The summed E-state index contributed by atoms with van der Waals surface area (Å²) in [6.45, 7) is 3.81. The van der Waals surface area contributed by atoms with Gasteiger partial charge in [0.25, 0.3) is 0 Å². The molecule has 0 bridgehead atoms. The minimum atomic E-state index is 0.231. The lowest BCUT2D eigenvalue weighted by Gasteiger charge is -2.17. The minimum absolute atomic E-state index is 0.231. The number of nitrogens with one attached hydrogen (secondary N) is 1. The smallest absolute Gasteiger partial charge is 0.0501 e. The second-order valence-electron chi connectivity index (χ2n) is 3.49. The van der Waals surface area contributed by atoms with Gasteiger partial charge in [-0.05, 0) is 24.7 Å². The van der Waals surface area contributed by atoms with Crippen LogP contribution in [0.1, 0.15) is 11.6 Å². The topological polar surface area (TPSA) is 15.3 Å². The van der Waals surface area contributed by atoms with Gasteiger partial charge < -0.3 is 10.2 Å². The summed E-state index contributed by atoms with van der Waals surface area (Å²) in [4.78, 5) is 2.10. The molecule has 1 unspecified atom stereocenters. The fraction of sp³-hybridized carbons (Fsp3) is 0.333. The quantitative estimate of drug-likeness (QED) is 0.732. The van der Waals surface area contributed by atoms with Gasteiger partial charge in [0, 0.05) is 19.8 Å². The van der Waals surface area contributed by atoms with E-state index in [1.807, 2.05) is 27.2 Å². The van der Waals surface area contributed by atoms with Gasteiger partial charge in [-0.15, -0.1) is 6.58 Å². The zero-order valence-electron chi connectivity index (χ0n) is 9.12. The maximum Gasteiger partial charge on any atom is 0.0501 e. The Kier molecular flexibility index (Phi) is 3.72. The Bertz CT molecular complexity index is 305. The first-order valence-corrected chi connectivity index (χ1v) is 4.76. The molecule has 76 valence electrons. The second kappa shape index (κ2) is 4.82. The van der Waals surface area contributed by atoms with Gasteiger partial charge in [-0.3, -0.25) is 0 Å². The Hall–Kier alpha value is -1.28. The van der Waals surface area contributed by atoms with Crippen molar-refractivity contribution in [2.45, 2.75) is 6.04 Å². The van der Waals surface area contributed by atoms with Gasteiger partial charge in [-0.25, -0.2) is 0 Å². The largest absolute Gasteiger partial charge is 0.378 e. The molecule has 2 nitrogen and oxygen atoms in total. The van der Waals surface area contributed by atoms with Crippen LogP contribution in [0.4, 0.5) is 5.69 Å². The third-order valence-corrected chi connectivity index (χ3v) is 2.29. The van der Waals surface area contributed by atoms with E-state index in [-0.39, 0.29) is 6.04 Å². The van der Waals surface area contributed by atoms with E-state index in [1.165, 1.54) is 11.3 Å². The molecule has 0 heterocycles. The van der Waals surface area contributed by atoms with Gasteiger partial charge in [0.05, 0.1) is 6.04 Å². The van der Waals surface area contributed by atoms with Crippen molar-refractivity contribution in [1.29, 1.82) is 0 Å². The molecule has 0 aromatic heterocycles. The van der Waals surface area contributed by atoms with E-state index in [2.05, 4.69) is 41.1 Å². The van der Waals surface area contributed by atoms with E-state index in [0.717, 1.165) is 0 Å². The maximum absolute atomic E-state index is 3.81. The van der Waals surface area contributed by atoms with Gasteiger partial charge >= 0.3 is 0 Å². The van der Waals surface area contributed by atoms with Crippen molar-refractivity contribution in [3.8, 4) is 0 Å². The lowest BCUT2D eigenvalue weighted by Crippen LogP contribution is -2.15. The fourth-order valence-corrected chi connectivity index (χ4v) is 1.42. The van der Waals surface area contributed by atoms with Crippen molar-refractivity contribution in [3.05, 3.63) is 42.5 Å². The molecule has 0 spiro atoms. The number of likely N-dealkylation sites (N-methyl/N-ethyl adjacent to an activating group) is 1. The standard InChI is InChI=1S/C12H18N2/c1-5-12(13-2)10-7-6-8-11(9-10)14(3)4/h5-9,12-13H,1H2,2-4H3. The van der Waals surface area contributed by atoms with Gasteiger partial charge in [-0.1, -0.05) is 18.2 Å². The van der Waals surface area contributed by atoms with Crippen LogP contribution in [0, 0.1) is 0 Å². The van der Waals surface area contributed by atoms with E-state index in [9.17, 15) is 0 Å². The van der Waals surface area contributed by atoms with Crippen molar-refractivity contribution < 1.29 is 0 Å². The Morgan fingerprint density at radius 2 is 2.14 bits per heavy atom. The molecule has 1 N–H and O–H groups in total.